The number of carbonyl (C=O) groups excluding carboxylic acids is 1. The minimum atomic E-state index is -0.742. The van der Waals surface area contributed by atoms with Crippen LogP contribution in [0.3, 0.4) is 0 Å². The molecule has 0 spiro atoms. The van der Waals surface area contributed by atoms with Crippen LogP contribution in [0.5, 0.6) is 5.75 Å². The Bertz CT molecular complexity index is 1040. The van der Waals surface area contributed by atoms with Crippen LogP contribution in [0.25, 0.3) is 0 Å². The van der Waals surface area contributed by atoms with E-state index in [1.165, 1.54) is 25.5 Å². The van der Waals surface area contributed by atoms with Gasteiger partial charge in [0, 0.05) is 19.2 Å². The second-order valence-corrected chi connectivity index (χ2v) is 6.54. The number of methoxy groups -OCH3 is 1. The molecule has 1 atom stereocenters. The third-order valence-electron chi connectivity index (χ3n) is 4.40. The maximum absolute atomic E-state index is 12.3. The normalized spacial score (nSPS) is 11.8. The van der Waals surface area contributed by atoms with Crippen molar-refractivity contribution in [3.63, 3.8) is 0 Å². The Labute approximate surface area is 179 Å². The van der Waals surface area contributed by atoms with Crippen molar-refractivity contribution in [3.05, 3.63) is 106 Å². The molecule has 0 aromatic heterocycles. The molecular weight excluding hydrogens is 398 g/mol. The number of hydrazone groups is 1. The highest BCUT2D eigenvalue weighted by atomic mass is 16.6. The van der Waals surface area contributed by atoms with Crippen LogP contribution < -0.4 is 10.2 Å². The molecule has 0 aliphatic carbocycles. The Hall–Kier alpha value is -4.04. The fourth-order valence-electron chi connectivity index (χ4n) is 2.78. The second-order valence-electron chi connectivity index (χ2n) is 6.54. The lowest BCUT2D eigenvalue weighted by Gasteiger charge is -2.13. The second kappa shape index (κ2) is 10.7. The van der Waals surface area contributed by atoms with Crippen molar-refractivity contribution in [2.45, 2.75) is 12.7 Å². The molecule has 0 bridgehead atoms. The number of nitrogens with zero attached hydrogens (tertiary/aromatic N) is 2. The van der Waals surface area contributed by atoms with Crippen LogP contribution in [0.2, 0.25) is 0 Å². The average Bonchev–Trinajstić information content (AvgIpc) is 2.80. The molecule has 31 heavy (non-hydrogen) atoms. The maximum Gasteiger partial charge on any atom is 0.273 e. The van der Waals surface area contributed by atoms with E-state index in [0.717, 1.165) is 16.7 Å². The summed E-state index contributed by atoms with van der Waals surface area (Å²) in [5.41, 5.74) is 4.86. The van der Waals surface area contributed by atoms with Crippen LogP contribution in [0.1, 0.15) is 22.8 Å². The van der Waals surface area contributed by atoms with Gasteiger partial charge in [-0.2, -0.15) is 5.10 Å². The molecule has 1 N–H and O–H groups in total. The van der Waals surface area contributed by atoms with E-state index < -0.39 is 11.0 Å². The van der Waals surface area contributed by atoms with Gasteiger partial charge in [0.2, 0.25) is 0 Å². The molecule has 0 aliphatic rings. The summed E-state index contributed by atoms with van der Waals surface area (Å²) in [6, 6.07) is 22.5. The summed E-state index contributed by atoms with van der Waals surface area (Å²) in [4.78, 5) is 22.5. The average molecular weight is 419 g/mol. The number of carbonyl (C=O) groups is 1. The van der Waals surface area contributed by atoms with Gasteiger partial charge in [-0.05, 0) is 53.1 Å². The molecule has 3 rings (SSSR count). The molecule has 0 aliphatic heterocycles. The minimum absolute atomic E-state index is 0.0417. The summed E-state index contributed by atoms with van der Waals surface area (Å²) in [6.45, 7) is 0.291. The number of rotatable bonds is 9. The highest BCUT2D eigenvalue weighted by Crippen LogP contribution is 2.17. The van der Waals surface area contributed by atoms with Crippen LogP contribution in [-0.2, 0) is 16.1 Å². The molecule has 1 amide bonds. The highest BCUT2D eigenvalue weighted by molar-refractivity contribution is 5.85. The molecule has 1 unspecified atom stereocenters. The fraction of sp³-hybridized carbons (Fsp3) is 0.130. The van der Waals surface area contributed by atoms with Gasteiger partial charge in [-0.1, -0.05) is 30.3 Å². The van der Waals surface area contributed by atoms with Crippen LogP contribution in [-0.4, -0.2) is 24.2 Å². The molecule has 8 heteroatoms. The molecule has 0 saturated carbocycles. The Balaban J connectivity index is 1.51. The monoisotopic (exact) mass is 419 g/mol. The highest BCUT2D eigenvalue weighted by Gasteiger charge is 2.19. The van der Waals surface area contributed by atoms with Gasteiger partial charge < -0.3 is 9.47 Å². The lowest BCUT2D eigenvalue weighted by Crippen LogP contribution is -2.26. The largest absolute Gasteiger partial charge is 0.489 e. The molecule has 3 aromatic rings. The summed E-state index contributed by atoms with van der Waals surface area (Å²) in [5.74, 6) is 0.274. The summed E-state index contributed by atoms with van der Waals surface area (Å²) in [5, 5.41) is 14.7. The van der Waals surface area contributed by atoms with Crippen molar-refractivity contribution in [3.8, 4) is 5.75 Å². The zero-order chi connectivity index (χ0) is 22.1. The van der Waals surface area contributed by atoms with Crippen LogP contribution in [0, 0.1) is 10.1 Å². The molecular formula is C23H21N3O5. The molecule has 0 saturated heterocycles. The minimum Gasteiger partial charge on any atom is -0.489 e. The number of ether oxygens (including phenoxy) is 2. The zero-order valence-electron chi connectivity index (χ0n) is 16.8. The number of benzene rings is 3. The van der Waals surface area contributed by atoms with E-state index in [2.05, 4.69) is 10.5 Å². The number of nitro benzene ring substituents is 1. The summed E-state index contributed by atoms with van der Waals surface area (Å²) >= 11 is 0. The first-order chi connectivity index (χ1) is 15.1. The van der Waals surface area contributed by atoms with Crippen LogP contribution in [0.15, 0.2) is 84.0 Å². The summed E-state index contributed by atoms with van der Waals surface area (Å²) in [7, 11) is 1.47. The SMILES string of the molecule is COC(C(=O)N/N=C/c1ccc(OCc2ccc([N+](=O)[O-])cc2)cc1)c1ccccc1. The van der Waals surface area contributed by atoms with E-state index in [4.69, 9.17) is 9.47 Å². The lowest BCUT2D eigenvalue weighted by molar-refractivity contribution is -0.384. The predicted octanol–water partition coefficient (Wildman–Crippen LogP) is 4.01. The summed E-state index contributed by atoms with van der Waals surface area (Å²) < 4.78 is 10.9. The number of nitro groups is 1. The quantitative estimate of drug-likeness (QED) is 0.321. The van der Waals surface area contributed by atoms with Crippen molar-refractivity contribution in [2.24, 2.45) is 5.10 Å². The van der Waals surface area contributed by atoms with Crippen LogP contribution >= 0.6 is 0 Å². The standard InChI is InChI=1S/C23H21N3O5/c1-30-22(19-5-3-2-4-6-19)23(27)25-24-15-17-9-13-21(14-10-17)31-16-18-7-11-20(12-8-18)26(28)29/h2-15,22H,16H2,1H3,(H,25,27)/b24-15+. The lowest BCUT2D eigenvalue weighted by atomic mass is 10.1. The number of non-ortho nitro benzene ring substituents is 1. The topological polar surface area (TPSA) is 103 Å². The van der Waals surface area contributed by atoms with E-state index >= 15 is 0 Å². The number of nitrogens with one attached hydrogen (secondary N) is 1. The van der Waals surface area contributed by atoms with Crippen molar-refractivity contribution in [2.75, 3.05) is 7.11 Å². The number of hydrogen-bond donors (Lipinski definition) is 1. The zero-order valence-corrected chi connectivity index (χ0v) is 16.8. The van der Waals surface area contributed by atoms with Crippen LogP contribution in [0.4, 0.5) is 5.69 Å². The van der Waals surface area contributed by atoms with Crippen molar-refractivity contribution < 1.29 is 19.2 Å². The Morgan fingerprint density at radius 2 is 1.74 bits per heavy atom. The van der Waals surface area contributed by atoms with Gasteiger partial charge in [0.25, 0.3) is 11.6 Å². The molecule has 0 radical (unpaired) electrons. The van der Waals surface area contributed by atoms with Gasteiger partial charge in [-0.15, -0.1) is 0 Å². The van der Waals surface area contributed by atoms with E-state index in [0.29, 0.717) is 12.4 Å². The van der Waals surface area contributed by atoms with Gasteiger partial charge >= 0.3 is 0 Å². The van der Waals surface area contributed by atoms with Gasteiger partial charge in [-0.3, -0.25) is 14.9 Å². The predicted molar refractivity (Wildman–Crippen MR) is 116 cm³/mol. The van der Waals surface area contributed by atoms with E-state index in [1.54, 1.807) is 36.4 Å². The first-order valence-corrected chi connectivity index (χ1v) is 9.43. The fourth-order valence-corrected chi connectivity index (χ4v) is 2.78. The van der Waals surface area contributed by atoms with E-state index in [-0.39, 0.29) is 11.6 Å². The Kier molecular flexibility index (Phi) is 7.45. The first-order valence-electron chi connectivity index (χ1n) is 9.43. The molecule has 158 valence electrons. The van der Waals surface area contributed by atoms with E-state index in [9.17, 15) is 14.9 Å². The van der Waals surface area contributed by atoms with Crippen molar-refractivity contribution in [1.82, 2.24) is 5.43 Å². The van der Waals surface area contributed by atoms with Gasteiger partial charge in [0.1, 0.15) is 12.4 Å². The van der Waals surface area contributed by atoms with Gasteiger partial charge in [0.05, 0.1) is 11.1 Å². The third kappa shape index (κ3) is 6.22. The van der Waals surface area contributed by atoms with Crippen molar-refractivity contribution >= 4 is 17.8 Å². The van der Waals surface area contributed by atoms with Gasteiger partial charge in [-0.25, -0.2) is 5.43 Å². The van der Waals surface area contributed by atoms with Crippen molar-refractivity contribution in [1.29, 1.82) is 0 Å². The number of amides is 1. The maximum atomic E-state index is 12.3. The summed E-state index contributed by atoms with van der Waals surface area (Å²) in [6.07, 6.45) is 0.781. The molecule has 0 heterocycles. The Morgan fingerprint density at radius 3 is 2.35 bits per heavy atom. The van der Waals surface area contributed by atoms with E-state index in [1.807, 2.05) is 30.3 Å². The van der Waals surface area contributed by atoms with Gasteiger partial charge in [0.15, 0.2) is 6.10 Å². The Morgan fingerprint density at radius 1 is 1.06 bits per heavy atom. The first kappa shape index (κ1) is 21.7. The molecule has 3 aromatic carbocycles. The third-order valence-corrected chi connectivity index (χ3v) is 4.40. The molecule has 8 nitrogen and oxygen atoms in total. The number of hydrogen-bond acceptors (Lipinski definition) is 6. The smallest absolute Gasteiger partial charge is 0.273 e. The molecule has 0 fully saturated rings.